The number of carbonyl (C=O) groups excluding carboxylic acids is 1. The Bertz CT molecular complexity index is 918. The van der Waals surface area contributed by atoms with Crippen molar-refractivity contribution >= 4 is 28.9 Å². The summed E-state index contributed by atoms with van der Waals surface area (Å²) in [5.41, 5.74) is 2.80. The Morgan fingerprint density at radius 3 is 2.65 bits per heavy atom. The number of nitrogens with one attached hydrogen (secondary N) is 1. The monoisotopic (exact) mass is 369 g/mol. The highest BCUT2D eigenvalue weighted by atomic mass is 35.5. The third kappa shape index (κ3) is 4.37. The van der Waals surface area contributed by atoms with Crippen molar-refractivity contribution in [2.45, 2.75) is 6.54 Å². The van der Waals surface area contributed by atoms with Gasteiger partial charge in [0, 0.05) is 25.5 Å². The molecular formula is C20H17ClFN3O. The number of anilines is 2. The van der Waals surface area contributed by atoms with Crippen LogP contribution in [-0.4, -0.2) is 17.9 Å². The van der Waals surface area contributed by atoms with Crippen LogP contribution < -0.4 is 10.2 Å². The van der Waals surface area contributed by atoms with E-state index in [1.165, 1.54) is 24.4 Å². The van der Waals surface area contributed by atoms with Crippen LogP contribution in [0.5, 0.6) is 0 Å². The van der Waals surface area contributed by atoms with Crippen molar-refractivity contribution in [3.05, 3.63) is 89.0 Å². The van der Waals surface area contributed by atoms with E-state index in [1.807, 2.05) is 42.3 Å². The van der Waals surface area contributed by atoms with E-state index in [2.05, 4.69) is 10.3 Å². The molecule has 132 valence electrons. The molecule has 0 aliphatic carbocycles. The Hall–Kier alpha value is -2.92. The summed E-state index contributed by atoms with van der Waals surface area (Å²) in [5, 5.41) is 2.65. The van der Waals surface area contributed by atoms with E-state index in [9.17, 15) is 9.18 Å². The lowest BCUT2D eigenvalue weighted by molar-refractivity contribution is 0.102. The summed E-state index contributed by atoms with van der Waals surface area (Å²) in [6.07, 6.45) is 3.19. The molecule has 26 heavy (non-hydrogen) atoms. The van der Waals surface area contributed by atoms with Crippen molar-refractivity contribution < 1.29 is 9.18 Å². The minimum atomic E-state index is -0.532. The van der Waals surface area contributed by atoms with Crippen LogP contribution >= 0.6 is 11.6 Å². The lowest BCUT2D eigenvalue weighted by atomic mass is 10.2. The molecule has 0 unspecified atom stereocenters. The van der Waals surface area contributed by atoms with Gasteiger partial charge >= 0.3 is 0 Å². The Morgan fingerprint density at radius 1 is 1.15 bits per heavy atom. The zero-order valence-electron chi connectivity index (χ0n) is 14.1. The smallest absolute Gasteiger partial charge is 0.257 e. The van der Waals surface area contributed by atoms with Crippen molar-refractivity contribution in [2.24, 2.45) is 0 Å². The summed E-state index contributed by atoms with van der Waals surface area (Å²) in [6, 6.07) is 15.8. The normalized spacial score (nSPS) is 10.4. The summed E-state index contributed by atoms with van der Waals surface area (Å²) in [4.78, 5) is 18.6. The molecule has 0 fully saturated rings. The number of carbonyl (C=O) groups is 1. The highest BCUT2D eigenvalue weighted by Gasteiger charge is 2.11. The molecular weight excluding hydrogens is 353 g/mol. The van der Waals surface area contributed by atoms with Crippen molar-refractivity contribution in [3.63, 3.8) is 0 Å². The molecule has 0 radical (unpaired) electrons. The first-order valence-corrected chi connectivity index (χ1v) is 8.37. The fraction of sp³-hybridized carbons (Fsp3) is 0.100. The van der Waals surface area contributed by atoms with Crippen LogP contribution in [0.1, 0.15) is 15.9 Å². The van der Waals surface area contributed by atoms with Gasteiger partial charge in [-0.15, -0.1) is 0 Å². The van der Waals surface area contributed by atoms with E-state index in [0.29, 0.717) is 17.8 Å². The quantitative estimate of drug-likeness (QED) is 0.705. The Labute approximate surface area is 156 Å². The van der Waals surface area contributed by atoms with Gasteiger partial charge in [-0.3, -0.25) is 9.78 Å². The Morgan fingerprint density at radius 2 is 1.92 bits per heavy atom. The minimum Gasteiger partial charge on any atom is -0.369 e. The second kappa shape index (κ2) is 7.97. The molecule has 3 rings (SSSR count). The number of nitrogens with zero attached hydrogens (tertiary/aromatic N) is 2. The molecule has 1 N–H and O–H groups in total. The fourth-order valence-corrected chi connectivity index (χ4v) is 2.67. The number of hydrogen-bond acceptors (Lipinski definition) is 3. The number of pyridine rings is 1. The first-order valence-electron chi connectivity index (χ1n) is 7.99. The van der Waals surface area contributed by atoms with E-state index in [0.717, 1.165) is 11.3 Å². The van der Waals surface area contributed by atoms with E-state index < -0.39 is 5.82 Å². The number of benzene rings is 2. The molecule has 0 bridgehead atoms. The molecule has 1 heterocycles. The second-order valence-corrected chi connectivity index (χ2v) is 6.26. The van der Waals surface area contributed by atoms with Crippen LogP contribution in [0.4, 0.5) is 15.8 Å². The van der Waals surface area contributed by atoms with Crippen LogP contribution in [0.15, 0.2) is 67.0 Å². The van der Waals surface area contributed by atoms with Gasteiger partial charge in [0.15, 0.2) is 0 Å². The summed E-state index contributed by atoms with van der Waals surface area (Å²) < 4.78 is 13.2. The zero-order chi connectivity index (χ0) is 18.5. The van der Waals surface area contributed by atoms with Crippen molar-refractivity contribution in [3.8, 4) is 0 Å². The number of rotatable bonds is 5. The maximum atomic E-state index is 13.2. The van der Waals surface area contributed by atoms with E-state index >= 15 is 0 Å². The standard InChI is InChI=1S/C20H17ClFN3O/c1-25(13-14-5-3-2-4-6-14)17-9-15(11-23-12-17)20(26)24-16-7-8-19(22)18(21)10-16/h2-12H,13H2,1H3,(H,24,26). The summed E-state index contributed by atoms with van der Waals surface area (Å²) in [7, 11) is 1.94. The predicted octanol–water partition coefficient (Wildman–Crippen LogP) is 4.76. The molecule has 0 aliphatic heterocycles. The summed E-state index contributed by atoms with van der Waals surface area (Å²) >= 11 is 5.74. The van der Waals surface area contributed by atoms with Gasteiger partial charge in [-0.1, -0.05) is 41.9 Å². The largest absolute Gasteiger partial charge is 0.369 e. The molecule has 2 aromatic carbocycles. The third-order valence-electron chi connectivity index (χ3n) is 3.87. The van der Waals surface area contributed by atoms with Crippen LogP contribution in [0, 0.1) is 5.82 Å². The SMILES string of the molecule is CN(Cc1ccccc1)c1cncc(C(=O)Nc2ccc(F)c(Cl)c2)c1. The highest BCUT2D eigenvalue weighted by molar-refractivity contribution is 6.31. The molecule has 0 aliphatic rings. The molecule has 4 nitrogen and oxygen atoms in total. The first-order chi connectivity index (χ1) is 12.5. The van der Waals surface area contributed by atoms with Crippen molar-refractivity contribution in [1.29, 1.82) is 0 Å². The van der Waals surface area contributed by atoms with Crippen LogP contribution in [0.2, 0.25) is 5.02 Å². The highest BCUT2D eigenvalue weighted by Crippen LogP contribution is 2.21. The first kappa shape index (κ1) is 17.9. The summed E-state index contributed by atoms with van der Waals surface area (Å²) in [6.45, 7) is 0.696. The average Bonchev–Trinajstić information content (AvgIpc) is 2.65. The van der Waals surface area contributed by atoms with Crippen molar-refractivity contribution in [1.82, 2.24) is 4.98 Å². The van der Waals surface area contributed by atoms with Gasteiger partial charge in [0.1, 0.15) is 5.82 Å². The average molecular weight is 370 g/mol. The van der Waals surface area contributed by atoms with Gasteiger partial charge in [-0.05, 0) is 29.8 Å². The lowest BCUT2D eigenvalue weighted by Crippen LogP contribution is -2.18. The van der Waals surface area contributed by atoms with Crippen LogP contribution in [-0.2, 0) is 6.54 Å². The third-order valence-corrected chi connectivity index (χ3v) is 4.16. The summed E-state index contributed by atoms with van der Waals surface area (Å²) in [5.74, 6) is -0.869. The van der Waals surface area contributed by atoms with Gasteiger partial charge in [0.2, 0.25) is 0 Å². The van der Waals surface area contributed by atoms with Gasteiger partial charge in [-0.2, -0.15) is 0 Å². The number of aromatic nitrogens is 1. The number of halogens is 2. The predicted molar refractivity (Wildman–Crippen MR) is 102 cm³/mol. The van der Waals surface area contributed by atoms with Gasteiger partial charge in [0.05, 0.1) is 22.5 Å². The van der Waals surface area contributed by atoms with E-state index in [-0.39, 0.29) is 10.9 Å². The van der Waals surface area contributed by atoms with Gasteiger partial charge in [-0.25, -0.2) is 4.39 Å². The van der Waals surface area contributed by atoms with Gasteiger partial charge in [0.25, 0.3) is 5.91 Å². The lowest BCUT2D eigenvalue weighted by Gasteiger charge is -2.19. The van der Waals surface area contributed by atoms with Crippen molar-refractivity contribution in [2.75, 3.05) is 17.3 Å². The molecule has 0 atom stereocenters. The van der Waals surface area contributed by atoms with Crippen LogP contribution in [0.25, 0.3) is 0 Å². The Balaban J connectivity index is 1.73. The molecule has 1 aromatic heterocycles. The number of amides is 1. The molecule has 1 amide bonds. The molecule has 0 saturated heterocycles. The minimum absolute atomic E-state index is 0.0442. The molecule has 3 aromatic rings. The fourth-order valence-electron chi connectivity index (χ4n) is 2.49. The molecule has 0 spiro atoms. The maximum Gasteiger partial charge on any atom is 0.257 e. The molecule has 6 heteroatoms. The van der Waals surface area contributed by atoms with Crippen LogP contribution in [0.3, 0.4) is 0 Å². The second-order valence-electron chi connectivity index (χ2n) is 5.86. The Kier molecular flexibility index (Phi) is 5.49. The van der Waals surface area contributed by atoms with Gasteiger partial charge < -0.3 is 10.2 Å². The molecule has 0 saturated carbocycles. The topological polar surface area (TPSA) is 45.2 Å². The van der Waals surface area contributed by atoms with E-state index in [4.69, 9.17) is 11.6 Å². The number of hydrogen-bond donors (Lipinski definition) is 1. The van der Waals surface area contributed by atoms with E-state index in [1.54, 1.807) is 12.3 Å². The zero-order valence-corrected chi connectivity index (χ0v) is 14.9. The maximum absolute atomic E-state index is 13.2.